The molecule has 0 radical (unpaired) electrons. The number of aliphatic hydroxyl groups excluding tert-OH is 1. The average molecular weight is 262 g/mol. The number of thioether (sulfide) groups is 2. The summed E-state index contributed by atoms with van der Waals surface area (Å²) in [6.45, 7) is 0.0642. The van der Waals surface area contributed by atoms with E-state index in [1.165, 1.54) is 26.0 Å². The van der Waals surface area contributed by atoms with Gasteiger partial charge in [0.05, 0.1) is 31.5 Å². The lowest BCUT2D eigenvalue weighted by Gasteiger charge is -2.10. The fourth-order valence-corrected chi connectivity index (χ4v) is 2.31. The maximum atomic E-state index is 9.08. The summed E-state index contributed by atoms with van der Waals surface area (Å²) < 4.78 is 10.1. The van der Waals surface area contributed by atoms with Crippen molar-refractivity contribution >= 4 is 23.5 Å². The molecule has 0 spiro atoms. The van der Waals surface area contributed by atoms with Crippen molar-refractivity contribution in [2.45, 2.75) is 9.74 Å². The topological polar surface area (TPSA) is 64.5 Å². The second kappa shape index (κ2) is 6.82. The molecule has 0 aliphatic carbocycles. The Bertz CT molecular complexity index is 312. The molecule has 1 heterocycles. The van der Waals surface area contributed by atoms with E-state index in [0.29, 0.717) is 16.9 Å². The van der Waals surface area contributed by atoms with Gasteiger partial charge in [-0.15, -0.1) is 11.8 Å². The first-order chi connectivity index (χ1) is 7.73. The normalized spacial score (nSPS) is 12.2. The van der Waals surface area contributed by atoms with Crippen molar-refractivity contribution in [3.8, 4) is 11.8 Å². The number of hydrogen-bond donors (Lipinski definition) is 1. The number of rotatable bonds is 6. The van der Waals surface area contributed by atoms with Crippen molar-refractivity contribution in [3.05, 3.63) is 6.07 Å². The molecule has 7 heteroatoms. The van der Waals surface area contributed by atoms with Crippen molar-refractivity contribution in [1.82, 2.24) is 9.97 Å². The minimum Gasteiger partial charge on any atom is -0.481 e. The minimum absolute atomic E-state index is 0.0109. The molecule has 90 valence electrons. The summed E-state index contributed by atoms with van der Waals surface area (Å²) in [6.07, 6.45) is 1.92. The molecule has 0 fully saturated rings. The predicted octanol–water partition coefficient (Wildman–Crippen LogP) is 1.27. The van der Waals surface area contributed by atoms with Crippen LogP contribution in [0.25, 0.3) is 0 Å². The Balaban J connectivity index is 2.85. The van der Waals surface area contributed by atoms with Gasteiger partial charge in [0.15, 0.2) is 5.16 Å². The highest BCUT2D eigenvalue weighted by Gasteiger charge is 2.12. The van der Waals surface area contributed by atoms with Crippen molar-refractivity contribution in [1.29, 1.82) is 0 Å². The molecule has 16 heavy (non-hydrogen) atoms. The van der Waals surface area contributed by atoms with Crippen molar-refractivity contribution in [2.24, 2.45) is 0 Å². The lowest BCUT2D eigenvalue weighted by atomic mass is 10.6. The van der Waals surface area contributed by atoms with E-state index in [-0.39, 0.29) is 11.2 Å². The van der Waals surface area contributed by atoms with E-state index in [1.54, 1.807) is 17.8 Å². The number of nitrogens with zero attached hydrogens (tertiary/aromatic N) is 2. The van der Waals surface area contributed by atoms with Crippen LogP contribution in [0.1, 0.15) is 0 Å². The SMILES string of the molecule is COc1cc(OC)nc(SC(CO)SC)n1. The van der Waals surface area contributed by atoms with Crippen LogP contribution >= 0.6 is 23.5 Å². The van der Waals surface area contributed by atoms with E-state index < -0.39 is 0 Å². The molecule has 0 aromatic carbocycles. The quantitative estimate of drug-likeness (QED) is 0.470. The number of ether oxygens (including phenoxy) is 2. The zero-order chi connectivity index (χ0) is 12.0. The van der Waals surface area contributed by atoms with Gasteiger partial charge in [-0.1, -0.05) is 11.8 Å². The Kier molecular flexibility index (Phi) is 5.72. The Morgan fingerprint density at radius 3 is 2.25 bits per heavy atom. The molecule has 0 saturated carbocycles. The third-order valence-electron chi connectivity index (χ3n) is 1.73. The Labute approximate surface area is 103 Å². The average Bonchev–Trinajstić information content (AvgIpc) is 2.35. The molecule has 0 bridgehead atoms. The fourth-order valence-electron chi connectivity index (χ4n) is 0.923. The van der Waals surface area contributed by atoms with Gasteiger partial charge in [-0.25, -0.2) is 0 Å². The molecule has 1 aromatic rings. The number of aromatic nitrogens is 2. The van der Waals surface area contributed by atoms with Crippen LogP contribution in [0.3, 0.4) is 0 Å². The van der Waals surface area contributed by atoms with Crippen LogP contribution in [0.5, 0.6) is 11.8 Å². The lowest BCUT2D eigenvalue weighted by molar-refractivity contribution is 0.315. The van der Waals surface area contributed by atoms with Gasteiger partial charge >= 0.3 is 0 Å². The smallest absolute Gasteiger partial charge is 0.220 e. The van der Waals surface area contributed by atoms with E-state index >= 15 is 0 Å². The zero-order valence-electron chi connectivity index (χ0n) is 9.34. The summed E-state index contributed by atoms with van der Waals surface area (Å²) in [4.78, 5) is 8.32. The van der Waals surface area contributed by atoms with Crippen LogP contribution in [0.15, 0.2) is 11.2 Å². The third-order valence-corrected chi connectivity index (χ3v) is 4.07. The van der Waals surface area contributed by atoms with E-state index in [0.717, 1.165) is 0 Å². The molecular weight excluding hydrogens is 248 g/mol. The molecule has 0 aliphatic rings. The van der Waals surface area contributed by atoms with Gasteiger partial charge in [0.25, 0.3) is 0 Å². The highest BCUT2D eigenvalue weighted by Crippen LogP contribution is 2.29. The largest absolute Gasteiger partial charge is 0.481 e. The Morgan fingerprint density at radius 2 is 1.88 bits per heavy atom. The van der Waals surface area contributed by atoms with Crippen LogP contribution in [0.2, 0.25) is 0 Å². The zero-order valence-corrected chi connectivity index (χ0v) is 11.0. The predicted molar refractivity (Wildman–Crippen MR) is 65.4 cm³/mol. The molecular formula is C9H14N2O3S2. The van der Waals surface area contributed by atoms with Gasteiger partial charge in [-0.05, 0) is 6.26 Å². The minimum atomic E-state index is 0.0109. The van der Waals surface area contributed by atoms with Crippen molar-refractivity contribution < 1.29 is 14.6 Å². The molecule has 0 amide bonds. The van der Waals surface area contributed by atoms with E-state index in [4.69, 9.17) is 14.6 Å². The number of hydrogen-bond acceptors (Lipinski definition) is 7. The summed E-state index contributed by atoms with van der Waals surface area (Å²) in [7, 11) is 3.07. The lowest BCUT2D eigenvalue weighted by Crippen LogP contribution is -2.04. The van der Waals surface area contributed by atoms with E-state index in [1.807, 2.05) is 6.26 Å². The molecule has 0 aliphatic heterocycles. The monoisotopic (exact) mass is 262 g/mol. The first kappa shape index (κ1) is 13.4. The molecule has 1 unspecified atom stereocenters. The van der Waals surface area contributed by atoms with Crippen LogP contribution in [-0.4, -0.2) is 46.7 Å². The fraction of sp³-hybridized carbons (Fsp3) is 0.556. The summed E-state index contributed by atoms with van der Waals surface area (Å²) >= 11 is 2.92. The van der Waals surface area contributed by atoms with Crippen LogP contribution in [0, 0.1) is 0 Å². The van der Waals surface area contributed by atoms with Crippen LogP contribution in [-0.2, 0) is 0 Å². The van der Waals surface area contributed by atoms with Gasteiger partial charge in [-0.3, -0.25) is 0 Å². The first-order valence-electron chi connectivity index (χ1n) is 4.50. The molecule has 0 saturated heterocycles. The maximum Gasteiger partial charge on any atom is 0.220 e. The van der Waals surface area contributed by atoms with Gasteiger partial charge in [0.1, 0.15) is 0 Å². The van der Waals surface area contributed by atoms with Gasteiger partial charge in [0, 0.05) is 0 Å². The summed E-state index contributed by atoms with van der Waals surface area (Å²) in [5, 5.41) is 9.61. The summed E-state index contributed by atoms with van der Waals surface area (Å²) in [5.41, 5.74) is 0. The number of aliphatic hydroxyl groups is 1. The molecule has 1 atom stereocenters. The molecule has 5 nitrogen and oxygen atoms in total. The molecule has 1 aromatic heterocycles. The first-order valence-corrected chi connectivity index (χ1v) is 6.67. The highest BCUT2D eigenvalue weighted by atomic mass is 32.2. The van der Waals surface area contributed by atoms with E-state index in [9.17, 15) is 0 Å². The summed E-state index contributed by atoms with van der Waals surface area (Å²) in [6, 6.07) is 1.61. The second-order valence-corrected chi connectivity index (χ2v) is 5.21. The van der Waals surface area contributed by atoms with Gasteiger partial charge in [-0.2, -0.15) is 9.97 Å². The Morgan fingerprint density at radius 1 is 1.31 bits per heavy atom. The highest BCUT2D eigenvalue weighted by molar-refractivity contribution is 8.16. The summed E-state index contributed by atoms with van der Waals surface area (Å²) in [5.74, 6) is 0.902. The Hall–Kier alpha value is -0.660. The third kappa shape index (κ3) is 3.73. The molecule has 1 rings (SSSR count). The van der Waals surface area contributed by atoms with E-state index in [2.05, 4.69) is 9.97 Å². The maximum absolute atomic E-state index is 9.08. The second-order valence-electron chi connectivity index (χ2n) is 2.70. The van der Waals surface area contributed by atoms with Crippen LogP contribution in [0.4, 0.5) is 0 Å². The number of methoxy groups -OCH3 is 2. The van der Waals surface area contributed by atoms with Crippen molar-refractivity contribution in [3.63, 3.8) is 0 Å². The van der Waals surface area contributed by atoms with Crippen LogP contribution < -0.4 is 9.47 Å². The van der Waals surface area contributed by atoms with Gasteiger partial charge < -0.3 is 14.6 Å². The molecule has 1 N–H and O–H groups in total. The van der Waals surface area contributed by atoms with Crippen molar-refractivity contribution in [2.75, 3.05) is 27.1 Å². The standard InChI is InChI=1S/C9H14N2O3S2/c1-13-6-4-7(14-2)11-9(10-6)16-8(5-12)15-3/h4,8,12H,5H2,1-3H3. The van der Waals surface area contributed by atoms with Gasteiger partial charge in [0.2, 0.25) is 11.8 Å².